The van der Waals surface area contributed by atoms with Gasteiger partial charge in [0, 0.05) is 5.56 Å². The standard InChI is InChI=1S/C24H19N5O8S/c30-22(14-7-3-1-4-8-14)28-20-17-21(26-12-25-20)29(13-27-17)23-19-18(36-38(32,33)37-19)16(35-23)11-34-24(31)15-9-5-2-6-10-15/h1-10,12-13,16,18-19,23H,11H2,(H,25,26,28,30)/t16-,18-,19+,23-/m1/s1. The molecule has 13 nitrogen and oxygen atoms in total. The number of aromatic nitrogens is 4. The first-order valence-corrected chi connectivity index (χ1v) is 12.8. The molecule has 0 aliphatic carbocycles. The van der Waals surface area contributed by atoms with Gasteiger partial charge in [-0.1, -0.05) is 36.4 Å². The first-order valence-electron chi connectivity index (χ1n) is 11.4. The average molecular weight is 538 g/mol. The van der Waals surface area contributed by atoms with Gasteiger partial charge in [-0.3, -0.25) is 9.36 Å². The van der Waals surface area contributed by atoms with Crippen molar-refractivity contribution in [1.29, 1.82) is 0 Å². The van der Waals surface area contributed by atoms with Crippen molar-refractivity contribution in [3.63, 3.8) is 0 Å². The molecule has 14 heteroatoms. The molecular weight excluding hydrogens is 518 g/mol. The topological polar surface area (TPSA) is 161 Å². The highest BCUT2D eigenvalue weighted by Gasteiger charge is 2.57. The summed E-state index contributed by atoms with van der Waals surface area (Å²) >= 11 is 0. The zero-order valence-electron chi connectivity index (χ0n) is 19.4. The highest BCUT2D eigenvalue weighted by atomic mass is 32.3. The van der Waals surface area contributed by atoms with E-state index in [2.05, 4.69) is 20.3 Å². The molecule has 0 spiro atoms. The number of amides is 1. The minimum Gasteiger partial charge on any atom is -0.459 e. The molecule has 2 saturated heterocycles. The van der Waals surface area contributed by atoms with Crippen LogP contribution in [-0.2, 0) is 28.2 Å². The number of benzene rings is 2. The maximum absolute atomic E-state index is 12.6. The first kappa shape index (κ1) is 24.1. The van der Waals surface area contributed by atoms with Crippen LogP contribution in [0.4, 0.5) is 5.82 Å². The summed E-state index contributed by atoms with van der Waals surface area (Å²) in [6.45, 7) is -0.287. The summed E-state index contributed by atoms with van der Waals surface area (Å²) in [7, 11) is -4.31. The number of imidazole rings is 1. The number of ether oxygens (including phenoxy) is 2. The number of carbonyl (C=O) groups is 2. The molecule has 4 atom stereocenters. The predicted octanol–water partition coefficient (Wildman–Crippen LogP) is 1.86. The summed E-state index contributed by atoms with van der Waals surface area (Å²) in [5.41, 5.74) is 1.26. The number of nitrogens with one attached hydrogen (secondary N) is 1. The number of hydrogen-bond acceptors (Lipinski definition) is 11. The van der Waals surface area contributed by atoms with Crippen molar-refractivity contribution in [3.8, 4) is 0 Å². The summed E-state index contributed by atoms with van der Waals surface area (Å²) in [5, 5.41) is 2.71. The van der Waals surface area contributed by atoms with Crippen molar-refractivity contribution >= 4 is 39.3 Å². The number of fused-ring (bicyclic) bond motifs is 2. The molecule has 0 radical (unpaired) electrons. The largest absolute Gasteiger partial charge is 0.459 e. The number of esters is 1. The molecule has 2 aromatic heterocycles. The number of nitrogens with zero attached hydrogens (tertiary/aromatic N) is 4. The Hall–Kier alpha value is -4.24. The third kappa shape index (κ3) is 4.50. The van der Waals surface area contributed by atoms with E-state index in [1.54, 1.807) is 60.7 Å². The van der Waals surface area contributed by atoms with Gasteiger partial charge < -0.3 is 14.8 Å². The van der Waals surface area contributed by atoms with E-state index in [1.165, 1.54) is 17.2 Å². The van der Waals surface area contributed by atoms with Crippen LogP contribution in [0, 0.1) is 0 Å². The van der Waals surface area contributed by atoms with E-state index in [4.69, 9.17) is 17.8 Å². The second-order valence-corrected chi connectivity index (χ2v) is 9.63. The smallest absolute Gasteiger partial charge is 0.400 e. The van der Waals surface area contributed by atoms with E-state index in [-0.39, 0.29) is 23.6 Å². The van der Waals surface area contributed by atoms with E-state index < -0.39 is 46.8 Å². The van der Waals surface area contributed by atoms with Crippen molar-refractivity contribution in [3.05, 3.63) is 84.4 Å². The molecule has 4 heterocycles. The Morgan fingerprint density at radius 1 is 0.921 bits per heavy atom. The molecule has 2 aliphatic rings. The second kappa shape index (κ2) is 9.57. The highest BCUT2D eigenvalue weighted by Crippen LogP contribution is 2.41. The number of hydrogen-bond donors (Lipinski definition) is 1. The van der Waals surface area contributed by atoms with Crippen LogP contribution >= 0.6 is 0 Å². The van der Waals surface area contributed by atoms with Crippen molar-refractivity contribution in [2.24, 2.45) is 0 Å². The van der Waals surface area contributed by atoms with Crippen molar-refractivity contribution in [2.45, 2.75) is 24.5 Å². The fourth-order valence-corrected chi connectivity index (χ4v) is 5.32. The Morgan fingerprint density at radius 3 is 2.34 bits per heavy atom. The molecule has 0 bridgehead atoms. The van der Waals surface area contributed by atoms with Gasteiger partial charge in [0.1, 0.15) is 25.1 Å². The lowest BCUT2D eigenvalue weighted by molar-refractivity contribution is -0.0595. The fraction of sp³-hybridized carbons (Fsp3) is 0.208. The molecule has 2 aliphatic heterocycles. The molecule has 194 valence electrons. The van der Waals surface area contributed by atoms with E-state index in [0.29, 0.717) is 11.1 Å². The zero-order chi connectivity index (χ0) is 26.3. The normalized spacial score (nSPS) is 23.7. The van der Waals surface area contributed by atoms with Gasteiger partial charge in [0.2, 0.25) is 0 Å². The van der Waals surface area contributed by atoms with Gasteiger partial charge in [-0.2, -0.15) is 8.42 Å². The van der Waals surface area contributed by atoms with E-state index in [1.807, 2.05) is 0 Å². The van der Waals surface area contributed by atoms with Gasteiger partial charge >= 0.3 is 16.4 Å². The quantitative estimate of drug-likeness (QED) is 0.357. The van der Waals surface area contributed by atoms with Crippen LogP contribution in [0.5, 0.6) is 0 Å². The number of rotatable bonds is 6. The van der Waals surface area contributed by atoms with Crippen LogP contribution < -0.4 is 5.32 Å². The number of carbonyl (C=O) groups excluding carboxylic acids is 2. The van der Waals surface area contributed by atoms with Crippen LogP contribution in [0.3, 0.4) is 0 Å². The van der Waals surface area contributed by atoms with Gasteiger partial charge in [-0.15, -0.1) is 0 Å². The van der Waals surface area contributed by atoms with Crippen molar-refractivity contribution in [1.82, 2.24) is 19.5 Å². The van der Waals surface area contributed by atoms with Crippen LogP contribution in [-0.4, -0.2) is 64.7 Å². The van der Waals surface area contributed by atoms with Crippen LogP contribution in [0.2, 0.25) is 0 Å². The lowest BCUT2D eigenvalue weighted by Crippen LogP contribution is -2.32. The minimum atomic E-state index is -4.31. The lowest BCUT2D eigenvalue weighted by atomic mass is 10.1. The van der Waals surface area contributed by atoms with Crippen molar-refractivity contribution < 1.29 is 35.8 Å². The molecule has 6 rings (SSSR count). The Morgan fingerprint density at radius 2 is 1.61 bits per heavy atom. The van der Waals surface area contributed by atoms with Crippen LogP contribution in [0.15, 0.2) is 73.3 Å². The monoisotopic (exact) mass is 537 g/mol. The SMILES string of the molecule is O=C(Nc1ncnc2c1ncn2[C@@H]1O[C@H](COC(=O)c2ccccc2)[C@H]2OS(=O)(=O)O[C@@H]21)c1ccccc1. The Balaban J connectivity index is 1.26. The third-order valence-corrected chi connectivity index (χ3v) is 6.95. The molecule has 0 unspecified atom stereocenters. The van der Waals surface area contributed by atoms with Crippen LogP contribution in [0.1, 0.15) is 26.9 Å². The molecule has 2 aromatic carbocycles. The summed E-state index contributed by atoms with van der Waals surface area (Å²) in [5.74, 6) is -0.839. The molecule has 1 amide bonds. The number of anilines is 1. The van der Waals surface area contributed by atoms with Gasteiger partial charge in [0.15, 0.2) is 29.3 Å². The summed E-state index contributed by atoms with van der Waals surface area (Å²) in [6.07, 6.45) is -1.59. The van der Waals surface area contributed by atoms with E-state index >= 15 is 0 Å². The molecule has 1 N–H and O–H groups in total. The predicted molar refractivity (Wildman–Crippen MR) is 129 cm³/mol. The van der Waals surface area contributed by atoms with Crippen LogP contribution in [0.25, 0.3) is 11.2 Å². The van der Waals surface area contributed by atoms with E-state index in [0.717, 1.165) is 0 Å². The average Bonchev–Trinajstić information content (AvgIpc) is 3.59. The first-order chi connectivity index (χ1) is 18.4. The fourth-order valence-electron chi connectivity index (χ4n) is 4.29. The Bertz CT molecular complexity index is 1610. The van der Waals surface area contributed by atoms with Gasteiger partial charge in [-0.25, -0.2) is 28.1 Å². The molecular formula is C24H19N5O8S. The third-order valence-electron chi connectivity index (χ3n) is 6.03. The summed E-state index contributed by atoms with van der Waals surface area (Å²) in [4.78, 5) is 37.7. The summed E-state index contributed by atoms with van der Waals surface area (Å²) in [6, 6.07) is 16.9. The zero-order valence-corrected chi connectivity index (χ0v) is 20.2. The Kier molecular flexibility index (Phi) is 6.07. The lowest BCUT2D eigenvalue weighted by Gasteiger charge is -2.18. The Labute approximate surface area is 215 Å². The van der Waals surface area contributed by atoms with Crippen molar-refractivity contribution in [2.75, 3.05) is 11.9 Å². The molecule has 2 fully saturated rings. The van der Waals surface area contributed by atoms with Gasteiger partial charge in [0.05, 0.1) is 11.9 Å². The van der Waals surface area contributed by atoms with Gasteiger partial charge in [-0.05, 0) is 24.3 Å². The maximum Gasteiger partial charge on any atom is 0.400 e. The molecule has 0 saturated carbocycles. The maximum atomic E-state index is 12.6. The second-order valence-electron chi connectivity index (χ2n) is 8.43. The van der Waals surface area contributed by atoms with E-state index in [9.17, 15) is 18.0 Å². The minimum absolute atomic E-state index is 0.154. The molecule has 38 heavy (non-hydrogen) atoms. The van der Waals surface area contributed by atoms with Gasteiger partial charge in [0.25, 0.3) is 5.91 Å². The molecule has 4 aromatic rings. The summed E-state index contributed by atoms with van der Waals surface area (Å²) < 4.78 is 47.4. The highest BCUT2D eigenvalue weighted by molar-refractivity contribution is 7.82.